The number of carbonyl (C=O) groups is 1. The van der Waals surface area contributed by atoms with Gasteiger partial charge in [0.15, 0.2) is 0 Å². The Morgan fingerprint density at radius 3 is 2.56 bits per heavy atom. The molecule has 0 aliphatic rings. The van der Waals surface area contributed by atoms with Gasteiger partial charge in [0.25, 0.3) is 5.91 Å². The molecule has 0 heterocycles. The Bertz CT molecular complexity index is 853. The monoisotopic (exact) mass is 380 g/mol. The Morgan fingerprint density at radius 2 is 1.88 bits per heavy atom. The van der Waals surface area contributed by atoms with Crippen molar-refractivity contribution in [2.45, 2.75) is 24.7 Å². The van der Waals surface area contributed by atoms with E-state index in [0.29, 0.717) is 17.3 Å². The van der Waals surface area contributed by atoms with Crippen LogP contribution in [0.2, 0.25) is 5.02 Å². The van der Waals surface area contributed by atoms with Crippen molar-refractivity contribution in [3.8, 4) is 0 Å². The summed E-state index contributed by atoms with van der Waals surface area (Å²) in [6, 6.07) is 12.9. The molecule has 0 unspecified atom stereocenters. The third kappa shape index (κ3) is 4.81. The van der Waals surface area contributed by atoms with Gasteiger partial charge in [-0.25, -0.2) is 12.7 Å². The number of unbranched alkanes of at least 4 members (excludes halogenated alkanes) is 1. The third-order valence-electron chi connectivity index (χ3n) is 3.75. The second kappa shape index (κ2) is 8.47. The van der Waals surface area contributed by atoms with E-state index < -0.39 is 15.9 Å². The van der Waals surface area contributed by atoms with E-state index >= 15 is 0 Å². The van der Waals surface area contributed by atoms with Gasteiger partial charge in [-0.05, 0) is 36.8 Å². The van der Waals surface area contributed by atoms with Crippen molar-refractivity contribution in [3.63, 3.8) is 0 Å². The molecular weight excluding hydrogens is 360 g/mol. The Hall–Kier alpha value is -1.89. The van der Waals surface area contributed by atoms with Crippen molar-refractivity contribution in [2.24, 2.45) is 0 Å². The van der Waals surface area contributed by atoms with Gasteiger partial charge in [0.05, 0.1) is 15.6 Å². The first-order chi connectivity index (χ1) is 11.9. The Morgan fingerprint density at radius 1 is 1.16 bits per heavy atom. The van der Waals surface area contributed by atoms with Gasteiger partial charge in [0.1, 0.15) is 0 Å². The zero-order valence-electron chi connectivity index (χ0n) is 14.2. The molecule has 2 aromatic rings. The summed E-state index contributed by atoms with van der Waals surface area (Å²) in [7, 11) is -2.08. The SMILES string of the molecule is CCCCN(C)S(=O)(=O)c1cccc(C(=O)Nc2ccccc2Cl)c1. The molecule has 0 spiro atoms. The van der Waals surface area contributed by atoms with Gasteiger partial charge in [0, 0.05) is 19.2 Å². The van der Waals surface area contributed by atoms with E-state index in [2.05, 4.69) is 5.32 Å². The van der Waals surface area contributed by atoms with Gasteiger partial charge in [-0.1, -0.05) is 43.1 Å². The lowest BCUT2D eigenvalue weighted by molar-refractivity contribution is 0.102. The molecule has 2 aromatic carbocycles. The predicted octanol–water partition coefficient (Wildman–Crippen LogP) is 4.01. The first-order valence-corrected chi connectivity index (χ1v) is 9.80. The summed E-state index contributed by atoms with van der Waals surface area (Å²) in [6.07, 6.45) is 1.68. The van der Waals surface area contributed by atoms with Crippen LogP contribution < -0.4 is 5.32 Å². The van der Waals surface area contributed by atoms with E-state index in [1.165, 1.54) is 16.4 Å². The largest absolute Gasteiger partial charge is 0.321 e. The number of hydrogen-bond donors (Lipinski definition) is 1. The Kier molecular flexibility index (Phi) is 6.58. The van der Waals surface area contributed by atoms with Gasteiger partial charge in [-0.2, -0.15) is 0 Å². The van der Waals surface area contributed by atoms with Crippen LogP contribution >= 0.6 is 11.6 Å². The lowest BCUT2D eigenvalue weighted by Gasteiger charge is -2.17. The summed E-state index contributed by atoms with van der Waals surface area (Å²) in [5.41, 5.74) is 0.729. The lowest BCUT2D eigenvalue weighted by Crippen LogP contribution is -2.28. The minimum absolute atomic E-state index is 0.0953. The number of rotatable bonds is 7. The number of halogens is 1. The van der Waals surface area contributed by atoms with Crippen LogP contribution in [-0.2, 0) is 10.0 Å². The molecule has 0 saturated carbocycles. The average molecular weight is 381 g/mol. The molecule has 0 saturated heterocycles. The smallest absolute Gasteiger partial charge is 0.255 e. The quantitative estimate of drug-likeness (QED) is 0.789. The second-order valence-corrected chi connectivity index (χ2v) is 8.09. The van der Waals surface area contributed by atoms with Crippen molar-refractivity contribution in [1.82, 2.24) is 4.31 Å². The normalized spacial score (nSPS) is 11.5. The topological polar surface area (TPSA) is 66.5 Å². The molecule has 1 N–H and O–H groups in total. The van der Waals surface area contributed by atoms with Crippen LogP contribution in [0.1, 0.15) is 30.1 Å². The van der Waals surface area contributed by atoms with E-state index in [0.717, 1.165) is 12.8 Å². The highest BCUT2D eigenvalue weighted by atomic mass is 35.5. The average Bonchev–Trinajstić information content (AvgIpc) is 2.61. The van der Waals surface area contributed by atoms with Crippen molar-refractivity contribution in [3.05, 3.63) is 59.1 Å². The number of hydrogen-bond acceptors (Lipinski definition) is 3. The number of amides is 1. The van der Waals surface area contributed by atoms with E-state index in [9.17, 15) is 13.2 Å². The number of nitrogens with one attached hydrogen (secondary N) is 1. The minimum Gasteiger partial charge on any atom is -0.321 e. The van der Waals surface area contributed by atoms with Crippen molar-refractivity contribution < 1.29 is 13.2 Å². The molecular formula is C18H21ClN2O3S. The first kappa shape index (κ1) is 19.4. The molecule has 5 nitrogen and oxygen atoms in total. The summed E-state index contributed by atoms with van der Waals surface area (Å²) in [4.78, 5) is 12.5. The van der Waals surface area contributed by atoms with E-state index in [-0.39, 0.29) is 10.5 Å². The molecule has 0 aliphatic carbocycles. The van der Waals surface area contributed by atoms with Crippen LogP contribution in [0.4, 0.5) is 5.69 Å². The van der Waals surface area contributed by atoms with Gasteiger partial charge in [-0.15, -0.1) is 0 Å². The number of nitrogens with zero attached hydrogens (tertiary/aromatic N) is 1. The van der Waals surface area contributed by atoms with Gasteiger partial charge < -0.3 is 5.32 Å². The first-order valence-electron chi connectivity index (χ1n) is 7.98. The van der Waals surface area contributed by atoms with E-state index in [1.54, 1.807) is 43.4 Å². The van der Waals surface area contributed by atoms with Crippen molar-refractivity contribution in [1.29, 1.82) is 0 Å². The van der Waals surface area contributed by atoms with Crippen molar-refractivity contribution >= 4 is 33.2 Å². The predicted molar refractivity (Wildman–Crippen MR) is 101 cm³/mol. The number of para-hydroxylation sites is 1. The maximum Gasteiger partial charge on any atom is 0.255 e. The van der Waals surface area contributed by atoms with Gasteiger partial charge in [-0.3, -0.25) is 4.79 Å². The number of anilines is 1. The van der Waals surface area contributed by atoms with Crippen LogP contribution in [0.15, 0.2) is 53.4 Å². The zero-order chi connectivity index (χ0) is 18.4. The Balaban J connectivity index is 2.23. The molecule has 1 amide bonds. The molecule has 0 bridgehead atoms. The van der Waals surface area contributed by atoms with Crippen LogP contribution in [-0.4, -0.2) is 32.2 Å². The Labute approximate surface area is 153 Å². The van der Waals surface area contributed by atoms with E-state index in [1.807, 2.05) is 6.92 Å². The fraction of sp³-hybridized carbons (Fsp3) is 0.278. The summed E-state index contributed by atoms with van der Waals surface area (Å²) in [6.45, 7) is 2.44. The highest BCUT2D eigenvalue weighted by Gasteiger charge is 2.21. The molecule has 7 heteroatoms. The number of carbonyl (C=O) groups excluding carboxylic acids is 1. The fourth-order valence-electron chi connectivity index (χ4n) is 2.24. The molecule has 0 radical (unpaired) electrons. The maximum absolute atomic E-state index is 12.6. The maximum atomic E-state index is 12.6. The fourth-order valence-corrected chi connectivity index (χ4v) is 3.67. The molecule has 25 heavy (non-hydrogen) atoms. The van der Waals surface area contributed by atoms with Crippen molar-refractivity contribution in [2.75, 3.05) is 18.9 Å². The minimum atomic E-state index is -3.62. The standard InChI is InChI=1S/C18H21ClN2O3S/c1-3-4-12-21(2)25(23,24)15-9-7-8-14(13-15)18(22)20-17-11-6-5-10-16(17)19/h5-11,13H,3-4,12H2,1-2H3,(H,20,22). The molecule has 134 valence electrons. The van der Waals surface area contributed by atoms with Crippen LogP contribution in [0.3, 0.4) is 0 Å². The molecule has 0 atom stereocenters. The molecule has 2 rings (SSSR count). The van der Waals surface area contributed by atoms with Crippen LogP contribution in [0.5, 0.6) is 0 Å². The van der Waals surface area contributed by atoms with Gasteiger partial charge >= 0.3 is 0 Å². The van der Waals surface area contributed by atoms with Crippen LogP contribution in [0, 0.1) is 0 Å². The van der Waals surface area contributed by atoms with Crippen LogP contribution in [0.25, 0.3) is 0 Å². The highest BCUT2D eigenvalue weighted by Crippen LogP contribution is 2.22. The molecule has 0 fully saturated rings. The summed E-state index contributed by atoms with van der Waals surface area (Å²) in [5.74, 6) is -0.415. The summed E-state index contributed by atoms with van der Waals surface area (Å²) < 4.78 is 26.5. The second-order valence-electron chi connectivity index (χ2n) is 5.64. The van der Waals surface area contributed by atoms with Gasteiger partial charge in [0.2, 0.25) is 10.0 Å². The zero-order valence-corrected chi connectivity index (χ0v) is 15.8. The molecule has 0 aliphatic heterocycles. The number of sulfonamides is 1. The molecule has 0 aromatic heterocycles. The lowest BCUT2D eigenvalue weighted by atomic mass is 10.2. The van der Waals surface area contributed by atoms with E-state index in [4.69, 9.17) is 11.6 Å². The summed E-state index contributed by atoms with van der Waals surface area (Å²) >= 11 is 6.03. The third-order valence-corrected chi connectivity index (χ3v) is 5.94. The summed E-state index contributed by atoms with van der Waals surface area (Å²) in [5, 5.41) is 3.11. The number of benzene rings is 2. The highest BCUT2D eigenvalue weighted by molar-refractivity contribution is 7.89.